The Morgan fingerprint density at radius 3 is 2.41 bits per heavy atom. The zero-order valence-electron chi connectivity index (χ0n) is 11.4. The van der Waals surface area contributed by atoms with Gasteiger partial charge in [0, 0.05) is 10.0 Å². The minimum atomic E-state index is 0.0868. The first-order valence-corrected chi connectivity index (χ1v) is 6.71. The molecule has 1 aromatic rings. The summed E-state index contributed by atoms with van der Waals surface area (Å²) in [5, 5.41) is 3.17. The van der Waals surface area contributed by atoms with Gasteiger partial charge in [0.05, 0.1) is 7.11 Å². The third-order valence-corrected chi connectivity index (χ3v) is 3.24. The van der Waals surface area contributed by atoms with Crippen LogP contribution >= 0.6 is 15.9 Å². The third kappa shape index (κ3) is 3.71. The largest absolute Gasteiger partial charge is 0.496 e. The average molecular weight is 300 g/mol. The summed E-state index contributed by atoms with van der Waals surface area (Å²) >= 11 is 3.58. The number of hydrogen-bond donors (Lipinski definition) is 1. The van der Waals surface area contributed by atoms with Crippen molar-refractivity contribution in [1.29, 1.82) is 0 Å². The Morgan fingerprint density at radius 2 is 1.94 bits per heavy atom. The quantitative estimate of drug-likeness (QED) is 0.918. The molecule has 0 spiro atoms. The Kier molecular flexibility index (Phi) is 5.02. The molecule has 0 fully saturated rings. The van der Waals surface area contributed by atoms with E-state index in [2.05, 4.69) is 54.2 Å². The number of likely N-dealkylation sites (N-methyl/N-ethyl adjacent to an activating group) is 1. The van der Waals surface area contributed by atoms with Crippen LogP contribution in [0.2, 0.25) is 0 Å². The van der Waals surface area contributed by atoms with E-state index >= 15 is 0 Å². The molecule has 0 amide bonds. The first-order valence-electron chi connectivity index (χ1n) is 5.91. The molecular formula is C14H22BrNO. The van der Waals surface area contributed by atoms with Gasteiger partial charge in [0.2, 0.25) is 0 Å². The average Bonchev–Trinajstić information content (AvgIpc) is 2.24. The molecule has 0 bridgehead atoms. The Morgan fingerprint density at radius 1 is 1.29 bits per heavy atom. The van der Waals surface area contributed by atoms with Gasteiger partial charge in [-0.3, -0.25) is 0 Å². The van der Waals surface area contributed by atoms with Crippen LogP contribution in [0.5, 0.6) is 5.75 Å². The van der Waals surface area contributed by atoms with E-state index in [0.29, 0.717) is 0 Å². The standard InChI is InChI=1S/C14H22BrNO/c1-14(2,3)12-9-11(15)8-10(6-7-16-4)13(12)17-5/h8-9,16H,6-7H2,1-5H3. The molecule has 0 aliphatic carbocycles. The minimum Gasteiger partial charge on any atom is -0.496 e. The van der Waals surface area contributed by atoms with Crippen LogP contribution in [-0.4, -0.2) is 20.7 Å². The van der Waals surface area contributed by atoms with Crippen molar-refractivity contribution in [3.05, 3.63) is 27.7 Å². The molecule has 1 rings (SSSR count). The second kappa shape index (κ2) is 5.87. The van der Waals surface area contributed by atoms with E-state index in [1.807, 2.05) is 7.05 Å². The Bertz CT molecular complexity index is 383. The molecule has 0 radical (unpaired) electrons. The van der Waals surface area contributed by atoms with Crippen LogP contribution in [0, 0.1) is 0 Å². The first kappa shape index (κ1) is 14.5. The van der Waals surface area contributed by atoms with Crippen molar-refractivity contribution >= 4 is 15.9 Å². The maximum atomic E-state index is 5.61. The van der Waals surface area contributed by atoms with Gasteiger partial charge in [-0.15, -0.1) is 0 Å². The molecule has 0 aliphatic heterocycles. The normalized spacial score (nSPS) is 11.6. The van der Waals surface area contributed by atoms with Gasteiger partial charge >= 0.3 is 0 Å². The molecule has 2 nitrogen and oxygen atoms in total. The summed E-state index contributed by atoms with van der Waals surface area (Å²) in [5.74, 6) is 1.02. The second-order valence-corrected chi connectivity index (χ2v) is 6.16. The number of benzene rings is 1. The van der Waals surface area contributed by atoms with Crippen LogP contribution in [-0.2, 0) is 11.8 Å². The molecule has 1 aromatic carbocycles. The molecule has 0 saturated carbocycles. The van der Waals surface area contributed by atoms with Crippen molar-refractivity contribution in [1.82, 2.24) is 5.32 Å². The van der Waals surface area contributed by atoms with Gasteiger partial charge in [-0.05, 0) is 43.1 Å². The monoisotopic (exact) mass is 299 g/mol. The Labute approximate surface area is 113 Å². The van der Waals surface area contributed by atoms with Crippen molar-refractivity contribution < 1.29 is 4.74 Å². The van der Waals surface area contributed by atoms with Crippen LogP contribution in [0.25, 0.3) is 0 Å². The van der Waals surface area contributed by atoms with Crippen LogP contribution in [0.15, 0.2) is 16.6 Å². The highest BCUT2D eigenvalue weighted by Gasteiger charge is 2.21. The van der Waals surface area contributed by atoms with Crippen molar-refractivity contribution in [3.8, 4) is 5.75 Å². The third-order valence-electron chi connectivity index (χ3n) is 2.79. The molecular weight excluding hydrogens is 278 g/mol. The highest BCUT2D eigenvalue weighted by atomic mass is 79.9. The fourth-order valence-corrected chi connectivity index (χ4v) is 2.40. The lowest BCUT2D eigenvalue weighted by Crippen LogP contribution is -2.16. The summed E-state index contributed by atoms with van der Waals surface area (Å²) in [6, 6.07) is 4.30. The van der Waals surface area contributed by atoms with Gasteiger partial charge in [0.25, 0.3) is 0 Å². The maximum absolute atomic E-state index is 5.61. The summed E-state index contributed by atoms with van der Waals surface area (Å²) in [6.07, 6.45) is 0.974. The zero-order valence-corrected chi connectivity index (χ0v) is 12.9. The second-order valence-electron chi connectivity index (χ2n) is 5.25. The van der Waals surface area contributed by atoms with Crippen LogP contribution in [0.1, 0.15) is 31.9 Å². The number of ether oxygens (including phenoxy) is 1. The van der Waals surface area contributed by atoms with Crippen molar-refractivity contribution in [2.24, 2.45) is 0 Å². The highest BCUT2D eigenvalue weighted by Crippen LogP contribution is 2.36. The van der Waals surface area contributed by atoms with E-state index in [4.69, 9.17) is 4.74 Å². The van der Waals surface area contributed by atoms with Gasteiger partial charge < -0.3 is 10.1 Å². The molecule has 0 atom stereocenters. The van der Waals surface area contributed by atoms with Crippen LogP contribution < -0.4 is 10.1 Å². The number of hydrogen-bond acceptors (Lipinski definition) is 2. The van der Waals surface area contributed by atoms with Gasteiger partial charge in [-0.1, -0.05) is 36.7 Å². The lowest BCUT2D eigenvalue weighted by Gasteiger charge is -2.24. The summed E-state index contributed by atoms with van der Waals surface area (Å²) in [4.78, 5) is 0. The van der Waals surface area contributed by atoms with Crippen molar-refractivity contribution in [2.45, 2.75) is 32.6 Å². The predicted octanol–water partition coefficient (Wildman–Crippen LogP) is 3.52. The molecule has 17 heavy (non-hydrogen) atoms. The van der Waals surface area contributed by atoms with E-state index in [1.54, 1.807) is 7.11 Å². The van der Waals surface area contributed by atoms with Crippen LogP contribution in [0.4, 0.5) is 0 Å². The van der Waals surface area contributed by atoms with Crippen molar-refractivity contribution in [3.63, 3.8) is 0 Å². The Balaban J connectivity index is 3.25. The van der Waals surface area contributed by atoms with Gasteiger partial charge in [-0.25, -0.2) is 0 Å². The first-order chi connectivity index (χ1) is 7.90. The van der Waals surface area contributed by atoms with E-state index in [1.165, 1.54) is 11.1 Å². The lowest BCUT2D eigenvalue weighted by molar-refractivity contribution is 0.392. The maximum Gasteiger partial charge on any atom is 0.125 e. The summed E-state index contributed by atoms with van der Waals surface area (Å²) < 4.78 is 6.73. The summed E-state index contributed by atoms with van der Waals surface area (Å²) in [7, 11) is 3.72. The number of nitrogens with one attached hydrogen (secondary N) is 1. The molecule has 3 heteroatoms. The van der Waals surface area contributed by atoms with Gasteiger partial charge in [-0.2, -0.15) is 0 Å². The molecule has 0 aromatic heterocycles. The fraction of sp³-hybridized carbons (Fsp3) is 0.571. The smallest absolute Gasteiger partial charge is 0.125 e. The van der Waals surface area contributed by atoms with Gasteiger partial charge in [0.1, 0.15) is 5.75 Å². The zero-order chi connectivity index (χ0) is 13.1. The highest BCUT2D eigenvalue weighted by molar-refractivity contribution is 9.10. The molecule has 0 heterocycles. The Hall–Kier alpha value is -0.540. The predicted molar refractivity (Wildman–Crippen MR) is 77.0 cm³/mol. The van der Waals surface area contributed by atoms with Gasteiger partial charge in [0.15, 0.2) is 0 Å². The van der Waals surface area contributed by atoms with E-state index in [-0.39, 0.29) is 5.41 Å². The van der Waals surface area contributed by atoms with E-state index < -0.39 is 0 Å². The summed E-state index contributed by atoms with van der Waals surface area (Å²) in [6.45, 7) is 7.58. The molecule has 0 saturated heterocycles. The molecule has 0 aliphatic rings. The lowest BCUT2D eigenvalue weighted by atomic mass is 9.85. The number of rotatable bonds is 4. The topological polar surface area (TPSA) is 21.3 Å². The minimum absolute atomic E-state index is 0.0868. The molecule has 1 N–H and O–H groups in total. The molecule has 96 valence electrons. The van der Waals surface area contributed by atoms with E-state index in [0.717, 1.165) is 23.2 Å². The van der Waals surface area contributed by atoms with Crippen LogP contribution in [0.3, 0.4) is 0 Å². The van der Waals surface area contributed by atoms with Crippen molar-refractivity contribution in [2.75, 3.05) is 20.7 Å². The number of methoxy groups -OCH3 is 1. The van der Waals surface area contributed by atoms with E-state index in [9.17, 15) is 0 Å². The SMILES string of the molecule is CNCCc1cc(Br)cc(C(C)(C)C)c1OC. The molecule has 0 unspecified atom stereocenters. The summed E-state index contributed by atoms with van der Waals surface area (Å²) in [5.41, 5.74) is 2.59. The number of halogens is 1. The fourth-order valence-electron chi connectivity index (χ4n) is 1.89.